The molecule has 0 saturated carbocycles. The fourth-order valence-corrected chi connectivity index (χ4v) is 1.54. The Bertz CT molecular complexity index is 387. The summed E-state index contributed by atoms with van der Waals surface area (Å²) in [4.78, 5) is 15.4. The molecule has 5 heteroatoms. The Hall–Kier alpha value is -1.62. The molecular weight excluding hydrogens is 242 g/mol. The van der Waals surface area contributed by atoms with E-state index in [1.54, 1.807) is 12.4 Å². The second-order valence-corrected chi connectivity index (χ2v) is 5.39. The van der Waals surface area contributed by atoms with Crippen LogP contribution in [0.15, 0.2) is 24.5 Å². The monoisotopic (exact) mass is 265 g/mol. The van der Waals surface area contributed by atoms with E-state index in [-0.39, 0.29) is 12.1 Å². The topological polar surface area (TPSA) is 63.2 Å². The van der Waals surface area contributed by atoms with Gasteiger partial charge in [-0.05, 0) is 45.4 Å². The SMILES string of the molecule is C[C@@H](NCCNC(=O)OC(C)(C)C)c1ccncc1. The van der Waals surface area contributed by atoms with Crippen molar-refractivity contribution >= 4 is 6.09 Å². The Morgan fingerprint density at radius 1 is 1.32 bits per heavy atom. The first-order valence-electron chi connectivity index (χ1n) is 6.48. The van der Waals surface area contributed by atoms with Gasteiger partial charge in [0.25, 0.3) is 0 Å². The smallest absolute Gasteiger partial charge is 0.407 e. The van der Waals surface area contributed by atoms with Crippen LogP contribution < -0.4 is 10.6 Å². The molecule has 1 heterocycles. The highest BCUT2D eigenvalue weighted by Gasteiger charge is 2.15. The van der Waals surface area contributed by atoms with Gasteiger partial charge < -0.3 is 15.4 Å². The van der Waals surface area contributed by atoms with Crippen molar-refractivity contribution < 1.29 is 9.53 Å². The van der Waals surface area contributed by atoms with Crippen molar-refractivity contribution in [2.24, 2.45) is 0 Å². The quantitative estimate of drug-likeness (QED) is 0.802. The molecule has 0 aromatic carbocycles. The largest absolute Gasteiger partial charge is 0.444 e. The van der Waals surface area contributed by atoms with Crippen LogP contribution in [0.2, 0.25) is 0 Å². The minimum absolute atomic E-state index is 0.225. The Morgan fingerprint density at radius 3 is 2.53 bits per heavy atom. The molecule has 0 spiro atoms. The summed E-state index contributed by atoms with van der Waals surface area (Å²) < 4.78 is 5.14. The van der Waals surface area contributed by atoms with Crippen LogP contribution in [0.25, 0.3) is 0 Å². The number of hydrogen-bond donors (Lipinski definition) is 2. The van der Waals surface area contributed by atoms with Crippen LogP contribution in [-0.4, -0.2) is 29.8 Å². The van der Waals surface area contributed by atoms with Crippen molar-refractivity contribution in [1.82, 2.24) is 15.6 Å². The van der Waals surface area contributed by atoms with Crippen molar-refractivity contribution in [2.75, 3.05) is 13.1 Å². The van der Waals surface area contributed by atoms with Crippen LogP contribution in [0.4, 0.5) is 4.79 Å². The van der Waals surface area contributed by atoms with Crippen molar-refractivity contribution in [3.05, 3.63) is 30.1 Å². The summed E-state index contributed by atoms with van der Waals surface area (Å²) in [6.07, 6.45) is 3.16. The van der Waals surface area contributed by atoms with Gasteiger partial charge in [-0.25, -0.2) is 4.79 Å². The molecule has 0 saturated heterocycles. The van der Waals surface area contributed by atoms with Crippen molar-refractivity contribution in [1.29, 1.82) is 0 Å². The Morgan fingerprint density at radius 2 is 1.95 bits per heavy atom. The van der Waals surface area contributed by atoms with Gasteiger partial charge in [-0.3, -0.25) is 4.98 Å². The number of hydrogen-bond acceptors (Lipinski definition) is 4. The molecule has 19 heavy (non-hydrogen) atoms. The van der Waals surface area contributed by atoms with Crippen molar-refractivity contribution in [3.63, 3.8) is 0 Å². The molecule has 0 aliphatic heterocycles. The summed E-state index contributed by atoms with van der Waals surface area (Å²) in [6, 6.07) is 4.17. The number of rotatable bonds is 5. The number of nitrogens with one attached hydrogen (secondary N) is 2. The van der Waals surface area contributed by atoms with Gasteiger partial charge in [0, 0.05) is 31.5 Å². The van der Waals surface area contributed by atoms with Crippen LogP contribution in [-0.2, 0) is 4.74 Å². The van der Waals surface area contributed by atoms with E-state index in [0.29, 0.717) is 13.1 Å². The average molecular weight is 265 g/mol. The summed E-state index contributed by atoms with van der Waals surface area (Å²) in [7, 11) is 0. The lowest BCUT2D eigenvalue weighted by molar-refractivity contribution is 0.0528. The van der Waals surface area contributed by atoms with Crippen LogP contribution in [0.1, 0.15) is 39.3 Å². The molecule has 2 N–H and O–H groups in total. The summed E-state index contributed by atoms with van der Waals surface area (Å²) >= 11 is 0. The number of amides is 1. The number of aromatic nitrogens is 1. The lowest BCUT2D eigenvalue weighted by Gasteiger charge is -2.20. The number of carbonyl (C=O) groups is 1. The normalized spacial score (nSPS) is 12.8. The standard InChI is InChI=1S/C14H23N3O2/c1-11(12-5-7-15-8-6-12)16-9-10-17-13(18)19-14(2,3)4/h5-8,11,16H,9-10H2,1-4H3,(H,17,18)/t11-/m1/s1. The summed E-state index contributed by atoms with van der Waals surface area (Å²) in [5.74, 6) is 0. The zero-order valence-corrected chi connectivity index (χ0v) is 12.1. The molecule has 1 aromatic rings. The third-order valence-corrected chi connectivity index (χ3v) is 2.45. The lowest BCUT2D eigenvalue weighted by Crippen LogP contribution is -2.36. The predicted octanol–water partition coefficient (Wildman–Crippen LogP) is 2.26. The van der Waals surface area contributed by atoms with E-state index in [4.69, 9.17) is 4.74 Å². The summed E-state index contributed by atoms with van der Waals surface area (Å²) in [5, 5.41) is 6.03. The first-order chi connectivity index (χ1) is 8.88. The molecular formula is C14H23N3O2. The molecule has 5 nitrogen and oxygen atoms in total. The van der Waals surface area contributed by atoms with Gasteiger partial charge in [0.2, 0.25) is 0 Å². The van der Waals surface area contributed by atoms with E-state index in [9.17, 15) is 4.79 Å². The van der Waals surface area contributed by atoms with E-state index in [0.717, 1.165) is 0 Å². The summed E-state index contributed by atoms with van der Waals surface area (Å²) in [6.45, 7) is 8.82. The maximum absolute atomic E-state index is 11.4. The van der Waals surface area contributed by atoms with E-state index in [1.807, 2.05) is 32.9 Å². The van der Waals surface area contributed by atoms with Gasteiger partial charge in [0.15, 0.2) is 0 Å². The highest BCUT2D eigenvalue weighted by molar-refractivity contribution is 5.67. The zero-order chi connectivity index (χ0) is 14.3. The van der Waals surface area contributed by atoms with E-state index in [1.165, 1.54) is 5.56 Å². The first kappa shape index (κ1) is 15.4. The minimum atomic E-state index is -0.457. The van der Waals surface area contributed by atoms with Gasteiger partial charge in [-0.15, -0.1) is 0 Å². The molecule has 0 aliphatic rings. The van der Waals surface area contributed by atoms with E-state index >= 15 is 0 Å². The molecule has 0 unspecified atom stereocenters. The number of alkyl carbamates (subject to hydrolysis) is 1. The van der Waals surface area contributed by atoms with Crippen LogP contribution in [0, 0.1) is 0 Å². The maximum Gasteiger partial charge on any atom is 0.407 e. The maximum atomic E-state index is 11.4. The molecule has 1 atom stereocenters. The molecule has 1 rings (SSSR count). The van der Waals surface area contributed by atoms with Gasteiger partial charge in [0.1, 0.15) is 5.60 Å². The highest BCUT2D eigenvalue weighted by Crippen LogP contribution is 2.09. The van der Waals surface area contributed by atoms with Crippen LogP contribution in [0.5, 0.6) is 0 Å². The number of ether oxygens (including phenoxy) is 1. The molecule has 0 fully saturated rings. The molecule has 0 radical (unpaired) electrons. The van der Waals surface area contributed by atoms with Crippen LogP contribution >= 0.6 is 0 Å². The fourth-order valence-electron chi connectivity index (χ4n) is 1.54. The first-order valence-corrected chi connectivity index (χ1v) is 6.48. The van der Waals surface area contributed by atoms with E-state index < -0.39 is 5.60 Å². The predicted molar refractivity (Wildman–Crippen MR) is 74.9 cm³/mol. The van der Waals surface area contributed by atoms with Gasteiger partial charge in [0.05, 0.1) is 0 Å². The molecule has 106 valence electrons. The average Bonchev–Trinajstić information content (AvgIpc) is 2.33. The number of pyridine rings is 1. The second-order valence-electron chi connectivity index (χ2n) is 5.39. The van der Waals surface area contributed by atoms with Gasteiger partial charge >= 0.3 is 6.09 Å². The fraction of sp³-hybridized carbons (Fsp3) is 0.571. The molecule has 1 amide bonds. The van der Waals surface area contributed by atoms with Gasteiger partial charge in [-0.2, -0.15) is 0 Å². The molecule has 1 aromatic heterocycles. The Kier molecular flexibility index (Phi) is 5.76. The zero-order valence-electron chi connectivity index (χ0n) is 12.1. The molecule has 0 bridgehead atoms. The minimum Gasteiger partial charge on any atom is -0.444 e. The third kappa shape index (κ3) is 6.76. The summed E-state index contributed by atoms with van der Waals surface area (Å²) in [5.41, 5.74) is 0.717. The highest BCUT2D eigenvalue weighted by atomic mass is 16.6. The number of carbonyl (C=O) groups excluding carboxylic acids is 1. The van der Waals surface area contributed by atoms with E-state index in [2.05, 4.69) is 22.5 Å². The number of nitrogens with zero attached hydrogens (tertiary/aromatic N) is 1. The Balaban J connectivity index is 2.19. The Labute approximate surface area is 114 Å². The third-order valence-electron chi connectivity index (χ3n) is 2.45. The lowest BCUT2D eigenvalue weighted by atomic mass is 10.1. The molecule has 0 aliphatic carbocycles. The van der Waals surface area contributed by atoms with Crippen molar-refractivity contribution in [2.45, 2.75) is 39.3 Å². The second kappa shape index (κ2) is 7.09. The van der Waals surface area contributed by atoms with Crippen LogP contribution in [0.3, 0.4) is 0 Å². The van der Waals surface area contributed by atoms with Crippen molar-refractivity contribution in [3.8, 4) is 0 Å². The van der Waals surface area contributed by atoms with Gasteiger partial charge in [-0.1, -0.05) is 0 Å².